The van der Waals surface area contributed by atoms with Gasteiger partial charge in [-0.05, 0) is 59.5 Å². The van der Waals surface area contributed by atoms with E-state index in [4.69, 9.17) is 0 Å². The van der Waals surface area contributed by atoms with E-state index in [1.54, 1.807) is 11.1 Å². The molecule has 20 heavy (non-hydrogen) atoms. The highest BCUT2D eigenvalue weighted by Crippen LogP contribution is 2.78. The predicted octanol–water partition coefficient (Wildman–Crippen LogP) is 5.46. The van der Waals surface area contributed by atoms with Crippen molar-refractivity contribution in [1.82, 2.24) is 0 Å². The molecule has 0 bridgehead atoms. The SMILES string of the molecule is CC1C=C(C2=CC(C)C3CC23C(C)C)C2(C(C)C)CC12. The van der Waals surface area contributed by atoms with Gasteiger partial charge in [-0.15, -0.1) is 0 Å². The van der Waals surface area contributed by atoms with Gasteiger partial charge in [-0.25, -0.2) is 0 Å². The summed E-state index contributed by atoms with van der Waals surface area (Å²) < 4.78 is 0. The summed E-state index contributed by atoms with van der Waals surface area (Å²) in [6.07, 6.45) is 8.25. The molecule has 110 valence electrons. The molecule has 4 rings (SSSR count). The monoisotopic (exact) mass is 270 g/mol. The third-order valence-electron chi connectivity index (χ3n) is 7.60. The van der Waals surface area contributed by atoms with Gasteiger partial charge in [0.05, 0.1) is 0 Å². The molecule has 2 fully saturated rings. The lowest BCUT2D eigenvalue weighted by Gasteiger charge is -2.30. The molecule has 6 unspecified atom stereocenters. The third kappa shape index (κ3) is 1.26. The van der Waals surface area contributed by atoms with Crippen molar-refractivity contribution in [3.63, 3.8) is 0 Å². The lowest BCUT2D eigenvalue weighted by atomic mass is 9.74. The molecule has 0 aliphatic heterocycles. The van der Waals surface area contributed by atoms with Gasteiger partial charge in [0.1, 0.15) is 0 Å². The van der Waals surface area contributed by atoms with Crippen LogP contribution in [-0.4, -0.2) is 0 Å². The van der Waals surface area contributed by atoms with Crippen molar-refractivity contribution < 1.29 is 0 Å². The Hall–Kier alpha value is -0.520. The van der Waals surface area contributed by atoms with Crippen LogP contribution in [0.1, 0.15) is 54.4 Å². The van der Waals surface area contributed by atoms with Gasteiger partial charge in [-0.3, -0.25) is 0 Å². The maximum Gasteiger partial charge on any atom is 0.00130 e. The lowest BCUT2D eigenvalue weighted by Crippen LogP contribution is -2.21. The number of rotatable bonds is 3. The Kier molecular flexibility index (Phi) is 2.38. The molecule has 0 heteroatoms. The van der Waals surface area contributed by atoms with Gasteiger partial charge < -0.3 is 0 Å². The summed E-state index contributed by atoms with van der Waals surface area (Å²) in [6, 6.07) is 0. The summed E-state index contributed by atoms with van der Waals surface area (Å²) in [5, 5.41) is 0. The maximum atomic E-state index is 2.66. The minimum Gasteiger partial charge on any atom is -0.0773 e. The van der Waals surface area contributed by atoms with Crippen LogP contribution in [0.2, 0.25) is 0 Å². The van der Waals surface area contributed by atoms with Crippen LogP contribution in [0, 0.1) is 46.3 Å². The molecule has 0 saturated heterocycles. The van der Waals surface area contributed by atoms with E-state index in [1.807, 2.05) is 0 Å². The van der Waals surface area contributed by atoms with Crippen LogP contribution >= 0.6 is 0 Å². The van der Waals surface area contributed by atoms with Crippen molar-refractivity contribution in [3.8, 4) is 0 Å². The molecule has 0 aromatic carbocycles. The van der Waals surface area contributed by atoms with Crippen molar-refractivity contribution in [1.29, 1.82) is 0 Å². The summed E-state index contributed by atoms with van der Waals surface area (Å²) in [4.78, 5) is 0. The minimum atomic E-state index is 0.560. The second-order valence-electron chi connectivity index (χ2n) is 8.89. The van der Waals surface area contributed by atoms with E-state index in [2.05, 4.69) is 53.7 Å². The number of fused-ring (bicyclic) bond motifs is 2. The molecule has 2 saturated carbocycles. The molecular weight excluding hydrogens is 240 g/mol. The molecule has 0 aromatic heterocycles. The van der Waals surface area contributed by atoms with Gasteiger partial charge in [0.2, 0.25) is 0 Å². The van der Waals surface area contributed by atoms with Crippen LogP contribution in [0.5, 0.6) is 0 Å². The fraction of sp³-hybridized carbons (Fsp3) is 0.800. The van der Waals surface area contributed by atoms with E-state index in [0.717, 1.165) is 35.5 Å². The molecule has 0 heterocycles. The summed E-state index contributed by atoms with van der Waals surface area (Å²) in [5.41, 5.74) is 4.71. The highest BCUT2D eigenvalue weighted by Gasteiger charge is 2.70. The normalized spacial score (nSPS) is 52.0. The Bertz CT molecular complexity index is 472. The first-order chi connectivity index (χ1) is 9.35. The highest BCUT2D eigenvalue weighted by atomic mass is 14.7. The topological polar surface area (TPSA) is 0 Å². The Labute approximate surface area is 124 Å². The van der Waals surface area contributed by atoms with Gasteiger partial charge in [-0.2, -0.15) is 0 Å². The average molecular weight is 270 g/mol. The van der Waals surface area contributed by atoms with Crippen molar-refractivity contribution in [2.75, 3.05) is 0 Å². The van der Waals surface area contributed by atoms with Gasteiger partial charge in [0, 0.05) is 10.8 Å². The third-order valence-corrected chi connectivity index (χ3v) is 7.60. The van der Waals surface area contributed by atoms with E-state index in [9.17, 15) is 0 Å². The van der Waals surface area contributed by atoms with Crippen molar-refractivity contribution in [2.45, 2.75) is 54.4 Å². The highest BCUT2D eigenvalue weighted by molar-refractivity contribution is 5.56. The van der Waals surface area contributed by atoms with Crippen LogP contribution in [0.4, 0.5) is 0 Å². The molecule has 0 radical (unpaired) electrons. The van der Waals surface area contributed by atoms with E-state index in [-0.39, 0.29) is 0 Å². The van der Waals surface area contributed by atoms with Crippen LogP contribution in [0.25, 0.3) is 0 Å². The van der Waals surface area contributed by atoms with Gasteiger partial charge in [0.25, 0.3) is 0 Å². The molecule has 0 amide bonds. The predicted molar refractivity (Wildman–Crippen MR) is 85.3 cm³/mol. The molecule has 0 nitrogen and oxygen atoms in total. The van der Waals surface area contributed by atoms with Gasteiger partial charge >= 0.3 is 0 Å². The minimum absolute atomic E-state index is 0.560. The van der Waals surface area contributed by atoms with Gasteiger partial charge in [0.15, 0.2) is 0 Å². The Morgan fingerprint density at radius 2 is 1.15 bits per heavy atom. The largest absolute Gasteiger partial charge is 0.0773 e. The number of allylic oxidation sites excluding steroid dienone is 4. The number of hydrogen-bond acceptors (Lipinski definition) is 0. The van der Waals surface area contributed by atoms with Gasteiger partial charge in [-0.1, -0.05) is 53.7 Å². The molecule has 4 aliphatic carbocycles. The molecular formula is C20H30. The summed E-state index contributed by atoms with van der Waals surface area (Å²) in [7, 11) is 0. The second kappa shape index (κ2) is 3.62. The molecule has 6 atom stereocenters. The van der Waals surface area contributed by atoms with E-state index >= 15 is 0 Å². The van der Waals surface area contributed by atoms with Crippen molar-refractivity contribution in [3.05, 3.63) is 23.3 Å². The zero-order chi connectivity index (χ0) is 14.4. The fourth-order valence-corrected chi connectivity index (χ4v) is 6.24. The van der Waals surface area contributed by atoms with Crippen molar-refractivity contribution in [2.24, 2.45) is 46.3 Å². The first-order valence-electron chi connectivity index (χ1n) is 8.80. The Morgan fingerprint density at radius 1 is 0.800 bits per heavy atom. The number of hydrogen-bond donors (Lipinski definition) is 0. The quantitative estimate of drug-likeness (QED) is 0.638. The first-order valence-corrected chi connectivity index (χ1v) is 8.80. The molecule has 0 aromatic rings. The van der Waals surface area contributed by atoms with E-state index in [1.165, 1.54) is 12.8 Å². The molecule has 0 spiro atoms. The van der Waals surface area contributed by atoms with Crippen LogP contribution in [0.15, 0.2) is 23.3 Å². The first kappa shape index (κ1) is 13.2. The fourth-order valence-electron chi connectivity index (χ4n) is 6.24. The van der Waals surface area contributed by atoms with Crippen molar-refractivity contribution >= 4 is 0 Å². The second-order valence-corrected chi connectivity index (χ2v) is 8.89. The van der Waals surface area contributed by atoms with E-state index in [0.29, 0.717) is 10.8 Å². The zero-order valence-electron chi connectivity index (χ0n) is 14.0. The van der Waals surface area contributed by atoms with Crippen LogP contribution < -0.4 is 0 Å². The maximum absolute atomic E-state index is 2.66. The summed E-state index contributed by atoms with van der Waals surface area (Å²) in [5.74, 6) is 5.14. The van der Waals surface area contributed by atoms with Crippen LogP contribution in [0.3, 0.4) is 0 Å². The van der Waals surface area contributed by atoms with Crippen LogP contribution in [-0.2, 0) is 0 Å². The zero-order valence-corrected chi connectivity index (χ0v) is 14.0. The standard InChI is InChI=1S/C20H30/c1-11(2)19-9-17(19)13(5)7-15(19)16-8-14(6)18-10-20(16,18)12(3)4/h7-8,11-14,17-18H,9-10H2,1-6H3. The molecule has 0 N–H and O–H groups in total. The smallest absolute Gasteiger partial charge is 0.00130 e. The Balaban J connectivity index is 1.78. The lowest BCUT2D eigenvalue weighted by molar-refractivity contribution is 0.352. The Morgan fingerprint density at radius 3 is 1.40 bits per heavy atom. The molecule has 4 aliphatic rings. The summed E-state index contributed by atoms with van der Waals surface area (Å²) in [6.45, 7) is 14.7. The average Bonchev–Trinajstić information content (AvgIpc) is 3.23. The summed E-state index contributed by atoms with van der Waals surface area (Å²) >= 11 is 0. The van der Waals surface area contributed by atoms with E-state index < -0.39 is 0 Å².